The summed E-state index contributed by atoms with van der Waals surface area (Å²) < 4.78 is 4.94. The third-order valence-electron chi connectivity index (χ3n) is 4.11. The smallest absolute Gasteiger partial charge is 0.316 e. The van der Waals surface area contributed by atoms with Gasteiger partial charge in [0.15, 0.2) is 6.61 Å². The lowest BCUT2D eigenvalue weighted by Crippen LogP contribution is -2.44. The maximum atomic E-state index is 11.8. The molecule has 2 N–H and O–H groups in total. The molecule has 0 radical (unpaired) electrons. The van der Waals surface area contributed by atoms with Gasteiger partial charge in [0.05, 0.1) is 12.2 Å². The van der Waals surface area contributed by atoms with Crippen molar-refractivity contribution in [3.8, 4) is 0 Å². The van der Waals surface area contributed by atoms with E-state index >= 15 is 0 Å². The number of hydrogen-bond acceptors (Lipinski definition) is 7. The molecule has 0 saturated heterocycles. The highest BCUT2D eigenvalue weighted by atomic mass is 32.2. The van der Waals surface area contributed by atoms with E-state index < -0.39 is 18.5 Å². The van der Waals surface area contributed by atoms with Crippen LogP contribution in [0.2, 0.25) is 0 Å². The number of amides is 2. The van der Waals surface area contributed by atoms with E-state index in [2.05, 4.69) is 28.0 Å². The van der Waals surface area contributed by atoms with E-state index in [1.165, 1.54) is 40.6 Å². The minimum absolute atomic E-state index is 0.0794. The topological polar surface area (TPSA) is 97.4 Å². The zero-order valence-electron chi connectivity index (χ0n) is 15.4. The van der Waals surface area contributed by atoms with Gasteiger partial charge in [0.25, 0.3) is 5.91 Å². The molecule has 1 aromatic carbocycles. The zero-order valence-corrected chi connectivity index (χ0v) is 17.1. The van der Waals surface area contributed by atoms with Gasteiger partial charge in [0.2, 0.25) is 5.91 Å². The third kappa shape index (κ3) is 6.07. The van der Waals surface area contributed by atoms with Gasteiger partial charge in [0, 0.05) is 16.0 Å². The Hall–Kier alpha value is -2.39. The molecule has 0 aliphatic heterocycles. The molecule has 1 heterocycles. The Bertz CT molecular complexity index is 882. The Morgan fingerprint density at radius 3 is 2.75 bits per heavy atom. The van der Waals surface area contributed by atoms with Gasteiger partial charge in [-0.15, -0.1) is 23.1 Å². The normalized spacial score (nSPS) is 12.3. The monoisotopic (exact) mass is 419 g/mol. The fourth-order valence-corrected chi connectivity index (χ4v) is 4.34. The summed E-state index contributed by atoms with van der Waals surface area (Å²) in [6.07, 6.45) is 3.47. The molecule has 3 rings (SSSR count). The van der Waals surface area contributed by atoms with Crippen LogP contribution in [-0.4, -0.2) is 35.1 Å². The number of thiazole rings is 1. The van der Waals surface area contributed by atoms with Gasteiger partial charge in [0.1, 0.15) is 5.01 Å². The van der Waals surface area contributed by atoms with Gasteiger partial charge < -0.3 is 4.74 Å². The van der Waals surface area contributed by atoms with Crippen molar-refractivity contribution in [1.82, 2.24) is 15.8 Å². The molecule has 2 aromatic rings. The Morgan fingerprint density at radius 1 is 1.18 bits per heavy atom. The third-order valence-corrected chi connectivity index (χ3v) is 6.04. The van der Waals surface area contributed by atoms with Crippen molar-refractivity contribution in [1.29, 1.82) is 0 Å². The lowest BCUT2D eigenvalue weighted by Gasteiger charge is -2.08. The SMILES string of the molecule is Cc1csc(CC(=O)NNC(=O)COC(=O)CSc2ccc3c(c2)CCC3)n1. The van der Waals surface area contributed by atoms with Crippen LogP contribution < -0.4 is 10.9 Å². The summed E-state index contributed by atoms with van der Waals surface area (Å²) in [5.41, 5.74) is 8.08. The lowest BCUT2D eigenvalue weighted by atomic mass is 10.1. The van der Waals surface area contributed by atoms with Crippen LogP contribution in [-0.2, 0) is 38.4 Å². The Morgan fingerprint density at radius 2 is 1.96 bits per heavy atom. The average Bonchev–Trinajstić information content (AvgIpc) is 3.31. The molecule has 0 spiro atoms. The molecule has 7 nitrogen and oxygen atoms in total. The van der Waals surface area contributed by atoms with Gasteiger partial charge in [-0.3, -0.25) is 25.2 Å². The summed E-state index contributed by atoms with van der Waals surface area (Å²) in [7, 11) is 0. The molecule has 0 bridgehead atoms. The summed E-state index contributed by atoms with van der Waals surface area (Å²) in [5.74, 6) is -1.34. The molecule has 0 fully saturated rings. The maximum absolute atomic E-state index is 11.8. The number of nitrogens with zero attached hydrogens (tertiary/aromatic N) is 1. The standard InChI is InChI=1S/C19H21N3O4S2/c1-12-10-28-18(20-12)8-16(23)21-22-17(24)9-26-19(25)11-27-15-6-5-13-3-2-4-14(13)7-15/h5-7,10H,2-4,8-9,11H2,1H3,(H,21,23)(H,22,24). The van der Waals surface area contributed by atoms with Crippen LogP contribution in [0.3, 0.4) is 0 Å². The second-order valence-corrected chi connectivity index (χ2v) is 8.38. The van der Waals surface area contributed by atoms with E-state index in [1.54, 1.807) is 0 Å². The van der Waals surface area contributed by atoms with Crippen molar-refractivity contribution >= 4 is 40.9 Å². The van der Waals surface area contributed by atoms with E-state index in [1.807, 2.05) is 18.4 Å². The van der Waals surface area contributed by atoms with Gasteiger partial charge >= 0.3 is 5.97 Å². The molecule has 0 unspecified atom stereocenters. The number of thioether (sulfide) groups is 1. The highest BCUT2D eigenvalue weighted by Crippen LogP contribution is 2.27. The number of ether oxygens (including phenoxy) is 1. The Balaban J connectivity index is 1.31. The number of aryl methyl sites for hydroxylation is 3. The van der Waals surface area contributed by atoms with Crippen molar-refractivity contribution in [3.63, 3.8) is 0 Å². The van der Waals surface area contributed by atoms with Crippen molar-refractivity contribution in [2.75, 3.05) is 12.4 Å². The summed E-state index contributed by atoms with van der Waals surface area (Å²) in [6, 6.07) is 6.24. The highest BCUT2D eigenvalue weighted by molar-refractivity contribution is 8.00. The van der Waals surface area contributed by atoms with Crippen LogP contribution in [0.1, 0.15) is 28.2 Å². The number of hydrazine groups is 1. The molecule has 9 heteroatoms. The van der Waals surface area contributed by atoms with Gasteiger partial charge in [-0.25, -0.2) is 4.98 Å². The predicted octanol–water partition coefficient (Wildman–Crippen LogP) is 1.97. The summed E-state index contributed by atoms with van der Waals surface area (Å²) >= 11 is 2.77. The molecular formula is C19H21N3O4S2. The molecular weight excluding hydrogens is 398 g/mol. The molecule has 0 saturated carbocycles. The van der Waals surface area contributed by atoms with E-state index in [0.717, 1.165) is 23.4 Å². The number of hydrogen-bond donors (Lipinski definition) is 2. The first-order valence-corrected chi connectivity index (χ1v) is 10.7. The second-order valence-electron chi connectivity index (χ2n) is 6.39. The molecule has 148 valence electrons. The van der Waals surface area contributed by atoms with Crippen LogP contribution >= 0.6 is 23.1 Å². The Kier molecular flexibility index (Phi) is 7.05. The van der Waals surface area contributed by atoms with Crippen LogP contribution in [0.15, 0.2) is 28.5 Å². The van der Waals surface area contributed by atoms with Gasteiger partial charge in [-0.2, -0.15) is 0 Å². The minimum Gasteiger partial charge on any atom is -0.455 e. The Labute approximate surface area is 171 Å². The zero-order chi connectivity index (χ0) is 19.9. The van der Waals surface area contributed by atoms with E-state index in [4.69, 9.17) is 4.74 Å². The highest BCUT2D eigenvalue weighted by Gasteiger charge is 2.13. The minimum atomic E-state index is -0.598. The number of rotatable bonds is 7. The number of carbonyl (C=O) groups excluding carboxylic acids is 3. The maximum Gasteiger partial charge on any atom is 0.316 e. The number of esters is 1. The first kappa shape index (κ1) is 20.3. The van der Waals surface area contributed by atoms with Crippen LogP contribution in [0.4, 0.5) is 0 Å². The van der Waals surface area contributed by atoms with Crippen LogP contribution in [0.25, 0.3) is 0 Å². The average molecular weight is 420 g/mol. The quantitative estimate of drug-likeness (QED) is 0.405. The van der Waals surface area contributed by atoms with E-state index in [9.17, 15) is 14.4 Å². The van der Waals surface area contributed by atoms with Crippen molar-refractivity contribution in [3.05, 3.63) is 45.4 Å². The molecule has 2 amide bonds. The van der Waals surface area contributed by atoms with E-state index in [0.29, 0.717) is 5.01 Å². The molecule has 28 heavy (non-hydrogen) atoms. The first-order chi connectivity index (χ1) is 13.5. The van der Waals surface area contributed by atoms with E-state index in [-0.39, 0.29) is 18.1 Å². The fourth-order valence-electron chi connectivity index (χ4n) is 2.81. The summed E-state index contributed by atoms with van der Waals surface area (Å²) in [6.45, 7) is 1.40. The summed E-state index contributed by atoms with van der Waals surface area (Å²) in [5, 5.41) is 2.51. The molecule has 1 aromatic heterocycles. The summed E-state index contributed by atoms with van der Waals surface area (Å²) in [4.78, 5) is 40.4. The number of nitrogens with one attached hydrogen (secondary N) is 2. The first-order valence-electron chi connectivity index (χ1n) is 8.88. The van der Waals surface area contributed by atoms with Gasteiger partial charge in [-0.1, -0.05) is 6.07 Å². The molecule has 0 atom stereocenters. The number of aromatic nitrogens is 1. The number of benzene rings is 1. The van der Waals surface area contributed by atoms with Crippen molar-refractivity contribution < 1.29 is 19.1 Å². The molecule has 1 aliphatic rings. The predicted molar refractivity (Wildman–Crippen MR) is 107 cm³/mol. The van der Waals surface area contributed by atoms with Gasteiger partial charge in [-0.05, 0) is 49.4 Å². The fraction of sp³-hybridized carbons (Fsp3) is 0.368. The van der Waals surface area contributed by atoms with Crippen molar-refractivity contribution in [2.24, 2.45) is 0 Å². The van der Waals surface area contributed by atoms with Crippen LogP contribution in [0.5, 0.6) is 0 Å². The second kappa shape index (κ2) is 9.70. The van der Waals surface area contributed by atoms with Crippen LogP contribution in [0, 0.1) is 6.92 Å². The number of fused-ring (bicyclic) bond motifs is 1. The number of carbonyl (C=O) groups is 3. The lowest BCUT2D eigenvalue weighted by molar-refractivity contribution is -0.146. The van der Waals surface area contributed by atoms with Crippen molar-refractivity contribution in [2.45, 2.75) is 37.5 Å². The largest absolute Gasteiger partial charge is 0.455 e. The molecule has 1 aliphatic carbocycles.